The molecule has 0 aromatic heterocycles. The van der Waals surface area contributed by atoms with Gasteiger partial charge in [0.05, 0.1) is 18.8 Å². The first-order chi connectivity index (χ1) is 12.5. The van der Waals surface area contributed by atoms with E-state index in [9.17, 15) is 9.59 Å². The number of rotatable bonds is 13. The van der Waals surface area contributed by atoms with Crippen molar-refractivity contribution < 1.29 is 33.3 Å². The number of nitrogens with one attached hydrogen (secondary N) is 2. The second kappa shape index (κ2) is 21.1. The van der Waals surface area contributed by atoms with E-state index in [0.717, 1.165) is 38.8 Å². The molecule has 0 unspecified atom stereocenters. The zero-order valence-corrected chi connectivity index (χ0v) is 19.6. The van der Waals surface area contributed by atoms with Crippen LogP contribution in [0.15, 0.2) is 24.8 Å². The van der Waals surface area contributed by atoms with Crippen LogP contribution in [0.25, 0.3) is 0 Å². The standard InChI is InChI=1S/C10H21N3O2.C9H18N2O.CH3.Li/c1-8(10(14)13(3)15-4)6-5-7-12-9(2)11;1-7(8(2)12)5-4-6-11-9(3)10;;/h8,12H,2,5-7,11H2,1,3-4H3;7,11H,3-6,10H2,1-2H3;1H3;/q;;-1;+1/t8-;7-;;/m00../s1. The Morgan fingerprint density at radius 3 is 1.69 bits per heavy atom. The second-order valence-corrected chi connectivity index (χ2v) is 6.62. The summed E-state index contributed by atoms with van der Waals surface area (Å²) in [5.41, 5.74) is 10.6. The van der Waals surface area contributed by atoms with Gasteiger partial charge in [0.2, 0.25) is 5.91 Å². The van der Waals surface area contributed by atoms with Gasteiger partial charge in [0, 0.05) is 32.0 Å². The minimum Gasteiger partial charge on any atom is -0.386 e. The Balaban J connectivity index is -0.000000206. The first-order valence-electron chi connectivity index (χ1n) is 9.21. The average molecular weight is 408 g/mol. The van der Waals surface area contributed by atoms with Crippen molar-refractivity contribution in [3.8, 4) is 0 Å². The fourth-order valence-corrected chi connectivity index (χ4v) is 2.04. The Hall–Kier alpha value is -1.62. The van der Waals surface area contributed by atoms with Crippen molar-refractivity contribution in [2.24, 2.45) is 23.3 Å². The largest absolute Gasteiger partial charge is 1.00 e. The molecule has 1 amide bonds. The van der Waals surface area contributed by atoms with Gasteiger partial charge in [0.15, 0.2) is 0 Å². The molecule has 166 valence electrons. The number of carbonyl (C=O) groups excluding carboxylic acids is 2. The molecule has 29 heavy (non-hydrogen) atoms. The van der Waals surface area contributed by atoms with E-state index in [-0.39, 0.29) is 49.8 Å². The van der Waals surface area contributed by atoms with Crippen LogP contribution in [0.4, 0.5) is 0 Å². The number of nitrogens with zero attached hydrogens (tertiary/aromatic N) is 1. The van der Waals surface area contributed by atoms with Gasteiger partial charge >= 0.3 is 18.9 Å². The molecule has 0 aliphatic rings. The van der Waals surface area contributed by atoms with Gasteiger partial charge in [-0.2, -0.15) is 0 Å². The third kappa shape index (κ3) is 22.5. The summed E-state index contributed by atoms with van der Waals surface area (Å²) >= 11 is 0. The summed E-state index contributed by atoms with van der Waals surface area (Å²) in [4.78, 5) is 27.2. The summed E-state index contributed by atoms with van der Waals surface area (Å²) in [6.45, 7) is 14.0. The normalized spacial score (nSPS) is 11.2. The fourth-order valence-electron chi connectivity index (χ4n) is 2.04. The van der Waals surface area contributed by atoms with Gasteiger partial charge < -0.3 is 29.5 Å². The molecule has 0 aliphatic carbocycles. The zero-order valence-electron chi connectivity index (χ0n) is 19.6. The van der Waals surface area contributed by atoms with Crippen molar-refractivity contribution in [1.82, 2.24) is 15.7 Å². The molecule has 0 fully saturated rings. The van der Waals surface area contributed by atoms with Crippen LogP contribution in [0, 0.1) is 19.3 Å². The molecule has 0 heterocycles. The number of amides is 1. The molecule has 0 saturated carbocycles. The smallest absolute Gasteiger partial charge is 0.386 e. The molecule has 0 saturated heterocycles. The molecule has 0 aromatic carbocycles. The third-order valence-corrected chi connectivity index (χ3v) is 4.03. The van der Waals surface area contributed by atoms with Crippen molar-refractivity contribution in [2.45, 2.75) is 46.5 Å². The van der Waals surface area contributed by atoms with E-state index in [1.54, 1.807) is 14.0 Å². The van der Waals surface area contributed by atoms with Gasteiger partial charge in [0.25, 0.3) is 0 Å². The Bertz CT molecular complexity index is 475. The summed E-state index contributed by atoms with van der Waals surface area (Å²) in [6.07, 6.45) is 3.54. The van der Waals surface area contributed by atoms with Gasteiger partial charge in [-0.1, -0.05) is 27.0 Å². The molecule has 6 N–H and O–H groups in total. The number of carbonyl (C=O) groups is 2. The summed E-state index contributed by atoms with van der Waals surface area (Å²) in [7, 11) is 3.09. The van der Waals surface area contributed by atoms with Crippen LogP contribution in [0.1, 0.15) is 46.5 Å². The van der Waals surface area contributed by atoms with Gasteiger partial charge in [-0.3, -0.25) is 14.4 Å². The summed E-state index contributed by atoms with van der Waals surface area (Å²) in [6, 6.07) is 0. The Morgan fingerprint density at radius 2 is 1.38 bits per heavy atom. The number of hydroxylamine groups is 2. The molecule has 0 aromatic rings. The number of nitrogens with two attached hydrogens (primary N) is 2. The number of ketones is 1. The first-order valence-corrected chi connectivity index (χ1v) is 9.21. The van der Waals surface area contributed by atoms with Crippen molar-refractivity contribution in [1.29, 1.82) is 0 Å². The average Bonchev–Trinajstić information content (AvgIpc) is 2.60. The van der Waals surface area contributed by atoms with Crippen LogP contribution in [0.2, 0.25) is 0 Å². The van der Waals surface area contributed by atoms with Gasteiger partial charge in [-0.15, -0.1) is 0 Å². The Labute approximate surface area is 190 Å². The maximum absolute atomic E-state index is 11.5. The van der Waals surface area contributed by atoms with Crippen LogP contribution in [0.5, 0.6) is 0 Å². The SMILES string of the molecule is C=C(N)NCCC[C@H](C)C(=O)N(C)OC.C=C(N)NCCC[C@H](C)C(C)=O.[CH3-].[Li+]. The van der Waals surface area contributed by atoms with Crippen molar-refractivity contribution in [2.75, 3.05) is 27.2 Å². The van der Waals surface area contributed by atoms with E-state index in [1.165, 1.54) is 12.2 Å². The van der Waals surface area contributed by atoms with Crippen molar-refractivity contribution in [3.05, 3.63) is 32.2 Å². The predicted octanol–water partition coefficient (Wildman–Crippen LogP) is -1.09. The quantitative estimate of drug-likeness (QED) is 0.132. The van der Waals surface area contributed by atoms with E-state index < -0.39 is 0 Å². The fraction of sp³-hybridized carbons (Fsp3) is 0.650. The predicted molar refractivity (Wildman–Crippen MR) is 116 cm³/mol. The molecular formula is C20H42LiN5O3. The summed E-state index contributed by atoms with van der Waals surface area (Å²) < 4.78 is 0. The maximum Gasteiger partial charge on any atom is 1.00 e. The number of hydrogen-bond acceptors (Lipinski definition) is 7. The van der Waals surface area contributed by atoms with Crippen molar-refractivity contribution in [3.63, 3.8) is 0 Å². The zero-order chi connectivity index (χ0) is 21.4. The number of hydrogen-bond donors (Lipinski definition) is 4. The van der Waals surface area contributed by atoms with Crippen LogP contribution >= 0.6 is 0 Å². The maximum atomic E-state index is 11.5. The molecule has 8 nitrogen and oxygen atoms in total. The van der Waals surface area contributed by atoms with E-state index in [0.29, 0.717) is 11.6 Å². The van der Waals surface area contributed by atoms with Crippen molar-refractivity contribution >= 4 is 11.7 Å². The van der Waals surface area contributed by atoms with E-state index in [2.05, 4.69) is 23.8 Å². The monoisotopic (exact) mass is 407 g/mol. The third-order valence-electron chi connectivity index (χ3n) is 4.03. The molecule has 9 heteroatoms. The molecule has 0 bridgehead atoms. The van der Waals surface area contributed by atoms with Crippen LogP contribution in [0.3, 0.4) is 0 Å². The molecule has 0 radical (unpaired) electrons. The first kappa shape index (κ1) is 34.9. The van der Waals surface area contributed by atoms with Gasteiger partial charge in [0.1, 0.15) is 5.78 Å². The molecule has 0 spiro atoms. The summed E-state index contributed by atoms with van der Waals surface area (Å²) in [5.74, 6) is 1.32. The van der Waals surface area contributed by atoms with E-state index in [1.807, 2.05) is 13.8 Å². The van der Waals surface area contributed by atoms with Crippen LogP contribution in [-0.4, -0.2) is 44.0 Å². The molecular weight excluding hydrogens is 365 g/mol. The second-order valence-electron chi connectivity index (χ2n) is 6.62. The minimum atomic E-state index is -0.0391. The van der Waals surface area contributed by atoms with Gasteiger partial charge in [-0.25, -0.2) is 5.06 Å². The summed E-state index contributed by atoms with van der Waals surface area (Å²) in [5, 5.41) is 7.07. The minimum absolute atomic E-state index is 0. The van der Waals surface area contributed by atoms with E-state index >= 15 is 0 Å². The van der Waals surface area contributed by atoms with E-state index in [4.69, 9.17) is 16.3 Å². The van der Waals surface area contributed by atoms with Gasteiger partial charge in [-0.05, 0) is 32.6 Å². The Morgan fingerprint density at radius 1 is 1.00 bits per heavy atom. The van der Waals surface area contributed by atoms with Crippen LogP contribution in [-0.2, 0) is 14.4 Å². The topological polar surface area (TPSA) is 123 Å². The molecule has 0 aliphatic heterocycles. The Kier molecular flexibility index (Phi) is 25.4. The molecule has 0 rings (SSSR count). The molecule has 2 atom stereocenters. The number of Topliss-reactive ketones (excluding diaryl/α,β-unsaturated/α-hetero) is 1. The van der Waals surface area contributed by atoms with Crippen LogP contribution < -0.4 is 41.0 Å².